The molecule has 2 saturated heterocycles. The number of nitriles is 2. The zero-order valence-electron chi connectivity index (χ0n) is 27.3. The van der Waals surface area contributed by atoms with Gasteiger partial charge in [0.15, 0.2) is 11.6 Å². The van der Waals surface area contributed by atoms with Crippen LogP contribution in [-0.4, -0.2) is 75.4 Å². The van der Waals surface area contributed by atoms with Gasteiger partial charge in [0.2, 0.25) is 11.2 Å². The summed E-state index contributed by atoms with van der Waals surface area (Å²) in [6, 6.07) is 21.2. The van der Waals surface area contributed by atoms with E-state index in [-0.39, 0.29) is 32.4 Å². The molecule has 0 saturated carbocycles. The van der Waals surface area contributed by atoms with Crippen LogP contribution in [0.5, 0.6) is 0 Å². The van der Waals surface area contributed by atoms with Gasteiger partial charge >= 0.3 is 4.96 Å². The molecule has 6 heterocycles. The van der Waals surface area contributed by atoms with Crippen LogP contribution >= 0.6 is 34.4 Å². The van der Waals surface area contributed by atoms with Crippen molar-refractivity contribution < 1.29 is 24.4 Å². The molecule has 4 aromatic heterocycles. The molecule has 2 aliphatic heterocycles. The number of anilines is 2. The maximum atomic E-state index is 10.2. The Hall–Kier alpha value is -4.23. The van der Waals surface area contributed by atoms with E-state index >= 15 is 0 Å². The third kappa shape index (κ3) is 8.05. The van der Waals surface area contributed by atoms with Crippen LogP contribution < -0.4 is 11.5 Å². The monoisotopic (exact) mass is 770 g/mol. The van der Waals surface area contributed by atoms with E-state index in [0.29, 0.717) is 41.3 Å². The number of rotatable bonds is 7. The first-order chi connectivity index (χ1) is 24.5. The first-order valence-corrected chi connectivity index (χ1v) is 17.1. The summed E-state index contributed by atoms with van der Waals surface area (Å²) in [5.41, 5.74) is 12.1. The summed E-state index contributed by atoms with van der Waals surface area (Å²) in [6.07, 6.45) is 2.15. The fraction of sp³-hybridized carbons (Fsp3) is 0.394. The molecule has 0 bridgehead atoms. The highest BCUT2D eigenvalue weighted by atomic mass is 35.6. The van der Waals surface area contributed by atoms with Crippen LogP contribution in [0.4, 0.5) is 11.6 Å². The number of hydrogen-bond donors (Lipinski definition) is 4. The van der Waals surface area contributed by atoms with Crippen molar-refractivity contribution in [2.75, 3.05) is 18.1 Å². The first-order valence-electron chi connectivity index (χ1n) is 15.8. The van der Waals surface area contributed by atoms with Gasteiger partial charge in [0, 0.05) is 12.8 Å². The van der Waals surface area contributed by atoms with Gasteiger partial charge in [-0.2, -0.15) is 55.1 Å². The fourth-order valence-corrected chi connectivity index (χ4v) is 6.15. The Morgan fingerprint density at radius 3 is 1.88 bits per heavy atom. The highest BCUT2D eigenvalue weighted by Gasteiger charge is 2.53. The van der Waals surface area contributed by atoms with Gasteiger partial charge in [-0.25, -0.2) is 19.0 Å². The standard InChI is InChI=1S/C20H21N5O2.C12H13N5O3.CH4.BCl3/c1-2-15-10-18(26-11-14-6-4-3-5-7-14)20(12-21,27-15)17-9-8-16-19(22)23-13-24-25(16)17;13-5-12(10(19)3-7(4-18)20-12)9-2-1-8-11(14)15-6-16-17(8)9;;2-1(3)4/h3-9,13,15,18H,2,10-11H2,1H3,(H2,22,23,24);1-2,6-7,10,18-19H,3-4H2,(H2,14,15,16);1H4;/t15-,18-,20?;7-,10+,12-;;/m10../s1. The number of nitrogen functional groups attached to an aromatic ring is 2. The SMILES string of the molecule is C.CC[C@@H]1C[C@@H](OCc2ccccc2)C(C#N)(c2ccc3c(N)ncnn23)O1.ClB(Cl)Cl.N#C[C@@]1(c2ccc3c(N)ncnn23)O[C@H](CO)C[C@H]1O. The van der Waals surface area contributed by atoms with Gasteiger partial charge in [0.05, 0.1) is 36.8 Å². The van der Waals surface area contributed by atoms with E-state index in [9.17, 15) is 15.6 Å². The van der Waals surface area contributed by atoms with Crippen LogP contribution in [-0.2, 0) is 32.0 Å². The number of fused-ring (bicyclic) bond motifs is 2. The second-order valence-corrected chi connectivity index (χ2v) is 13.6. The Balaban J connectivity index is 0.000000214. The Morgan fingerprint density at radius 1 is 0.885 bits per heavy atom. The smallest absolute Gasteiger partial charge is 0.394 e. The average molecular weight is 772 g/mol. The summed E-state index contributed by atoms with van der Waals surface area (Å²) in [7, 11) is 0. The summed E-state index contributed by atoms with van der Waals surface area (Å²) in [5.74, 6) is 0.627. The van der Waals surface area contributed by atoms with Crippen molar-refractivity contribution in [2.24, 2.45) is 0 Å². The summed E-state index contributed by atoms with van der Waals surface area (Å²) in [4.78, 5) is 7.13. The highest BCUT2D eigenvalue weighted by Crippen LogP contribution is 2.43. The molecule has 19 heteroatoms. The minimum atomic E-state index is -1.57. The molecule has 5 aromatic rings. The topological polar surface area (TPSA) is 228 Å². The molecule has 0 radical (unpaired) electrons. The molecule has 52 heavy (non-hydrogen) atoms. The molecular formula is C33H38BCl3N10O5. The lowest BCUT2D eigenvalue weighted by molar-refractivity contribution is -0.0802. The van der Waals surface area contributed by atoms with E-state index in [1.54, 1.807) is 22.7 Å². The van der Waals surface area contributed by atoms with Gasteiger partial charge < -0.3 is 35.9 Å². The molecule has 2 fully saturated rings. The van der Waals surface area contributed by atoms with Crippen LogP contribution in [0.15, 0.2) is 67.3 Å². The summed E-state index contributed by atoms with van der Waals surface area (Å²) in [5, 5.41) is 47.3. The maximum absolute atomic E-state index is 10.2. The molecule has 0 aliphatic carbocycles. The van der Waals surface area contributed by atoms with Crippen LogP contribution in [0, 0.1) is 22.7 Å². The van der Waals surface area contributed by atoms with Gasteiger partial charge in [-0.1, -0.05) is 44.7 Å². The van der Waals surface area contributed by atoms with Crippen molar-refractivity contribution in [3.8, 4) is 12.1 Å². The Labute approximate surface area is 315 Å². The number of nitrogens with two attached hydrogens (primary N) is 2. The largest absolute Gasteiger partial charge is 0.450 e. The summed E-state index contributed by atoms with van der Waals surface area (Å²) in [6.45, 7) is 2.19. The van der Waals surface area contributed by atoms with E-state index in [0.717, 1.165) is 12.0 Å². The number of aliphatic hydroxyl groups excluding tert-OH is 2. The zero-order chi connectivity index (χ0) is 36.8. The van der Waals surface area contributed by atoms with E-state index in [1.165, 1.54) is 17.2 Å². The molecule has 0 spiro atoms. The second kappa shape index (κ2) is 17.5. The molecule has 1 aromatic carbocycles. The average Bonchev–Trinajstić information content (AvgIpc) is 3.92. The van der Waals surface area contributed by atoms with Gasteiger partial charge in [0.25, 0.3) is 0 Å². The molecule has 6 atom stereocenters. The molecule has 0 amide bonds. The minimum Gasteiger partial charge on any atom is -0.394 e. The van der Waals surface area contributed by atoms with Crippen molar-refractivity contribution >= 4 is 62.0 Å². The third-order valence-electron chi connectivity index (χ3n) is 8.60. The number of hydrogen-bond acceptors (Lipinski definition) is 13. The number of nitrogens with zero attached hydrogens (tertiary/aromatic N) is 8. The number of benzene rings is 1. The van der Waals surface area contributed by atoms with Gasteiger partial charge in [-0.3, -0.25) is 0 Å². The Bertz CT molecular complexity index is 2020. The van der Waals surface area contributed by atoms with Crippen molar-refractivity contribution in [2.45, 2.75) is 75.8 Å². The lowest BCUT2D eigenvalue weighted by atomic mass is 9.93. The maximum Gasteiger partial charge on any atom is 0.450 e. The molecular weight excluding hydrogens is 734 g/mol. The van der Waals surface area contributed by atoms with Gasteiger partial charge in [-0.05, 0) is 36.2 Å². The molecule has 274 valence electrons. The molecule has 2 aliphatic rings. The quantitative estimate of drug-likeness (QED) is 0.169. The number of aromatic nitrogens is 6. The third-order valence-corrected chi connectivity index (χ3v) is 8.60. The fourth-order valence-electron chi connectivity index (χ4n) is 6.15. The first kappa shape index (κ1) is 40.5. The predicted molar refractivity (Wildman–Crippen MR) is 197 cm³/mol. The summed E-state index contributed by atoms with van der Waals surface area (Å²) < 4.78 is 21.0. The number of ether oxygens (including phenoxy) is 3. The van der Waals surface area contributed by atoms with Crippen LogP contribution in [0.3, 0.4) is 0 Å². The Morgan fingerprint density at radius 2 is 1.40 bits per heavy atom. The number of halogens is 3. The summed E-state index contributed by atoms with van der Waals surface area (Å²) >= 11 is 14.4. The van der Waals surface area contributed by atoms with E-state index < -0.39 is 34.5 Å². The lowest BCUT2D eigenvalue weighted by Crippen LogP contribution is -2.38. The molecule has 6 N–H and O–H groups in total. The van der Waals surface area contributed by atoms with Crippen molar-refractivity contribution in [3.63, 3.8) is 0 Å². The van der Waals surface area contributed by atoms with Gasteiger partial charge in [0.1, 0.15) is 48.0 Å². The van der Waals surface area contributed by atoms with E-state index in [1.807, 2.05) is 49.4 Å². The van der Waals surface area contributed by atoms with Crippen molar-refractivity contribution in [1.29, 1.82) is 10.5 Å². The van der Waals surface area contributed by atoms with E-state index in [2.05, 4.69) is 26.2 Å². The van der Waals surface area contributed by atoms with Gasteiger partial charge in [-0.15, -0.1) is 0 Å². The van der Waals surface area contributed by atoms with Crippen molar-refractivity contribution in [1.82, 2.24) is 29.2 Å². The van der Waals surface area contributed by atoms with E-state index in [4.69, 9.17) is 65.2 Å². The normalized spacial score (nSPS) is 24.8. The predicted octanol–water partition coefficient (Wildman–Crippen LogP) is 4.31. The zero-order valence-corrected chi connectivity index (χ0v) is 29.5. The highest BCUT2D eigenvalue weighted by molar-refractivity contribution is 7.54. The minimum absolute atomic E-state index is 0. The molecule has 1 unspecified atom stereocenters. The molecule has 15 nitrogen and oxygen atoms in total. The molecule has 7 rings (SSSR count). The van der Waals surface area contributed by atoms with Crippen LogP contribution in [0.1, 0.15) is 50.6 Å². The second-order valence-electron chi connectivity index (χ2n) is 11.6. The number of aliphatic hydroxyl groups is 2. The van der Waals surface area contributed by atoms with Crippen LogP contribution in [0.25, 0.3) is 11.0 Å². The van der Waals surface area contributed by atoms with Crippen LogP contribution in [0.2, 0.25) is 0 Å². The van der Waals surface area contributed by atoms with Crippen molar-refractivity contribution in [3.05, 3.63) is 84.2 Å². The Kier molecular flexibility index (Phi) is 13.7. The lowest BCUT2D eigenvalue weighted by Gasteiger charge is -2.27.